The van der Waals surface area contributed by atoms with E-state index in [0.717, 1.165) is 5.56 Å². The SMILES string of the molecule is CC(C)(C)[Si](C)(C)C(O)c1ccccc1. The van der Waals surface area contributed by atoms with Crippen LogP contribution < -0.4 is 0 Å². The lowest BCUT2D eigenvalue weighted by Crippen LogP contribution is -2.44. The molecule has 1 aromatic carbocycles. The molecule has 0 aliphatic heterocycles. The third-order valence-corrected chi connectivity index (χ3v) is 9.30. The Balaban J connectivity index is 3.00. The second-order valence-electron chi connectivity index (χ2n) is 5.78. The van der Waals surface area contributed by atoms with E-state index in [4.69, 9.17) is 0 Å². The lowest BCUT2D eigenvalue weighted by Gasteiger charge is -2.40. The van der Waals surface area contributed by atoms with Crippen LogP contribution in [0.25, 0.3) is 0 Å². The van der Waals surface area contributed by atoms with Gasteiger partial charge in [0.15, 0.2) is 0 Å². The molecule has 84 valence electrons. The Hall–Kier alpha value is -0.603. The van der Waals surface area contributed by atoms with Gasteiger partial charge in [-0.05, 0) is 10.6 Å². The summed E-state index contributed by atoms with van der Waals surface area (Å²) in [6.45, 7) is 11.2. The van der Waals surface area contributed by atoms with Gasteiger partial charge in [0.25, 0.3) is 0 Å². The summed E-state index contributed by atoms with van der Waals surface area (Å²) in [5.41, 5.74) is 0.780. The monoisotopic (exact) mass is 222 g/mol. The van der Waals surface area contributed by atoms with E-state index in [1.807, 2.05) is 30.3 Å². The number of aliphatic hydroxyl groups excluding tert-OH is 1. The van der Waals surface area contributed by atoms with E-state index in [2.05, 4.69) is 33.9 Å². The first-order valence-corrected chi connectivity index (χ1v) is 8.57. The maximum Gasteiger partial charge on any atom is 0.0922 e. The number of rotatable bonds is 2. The molecular formula is C13H22OSi. The summed E-state index contributed by atoms with van der Waals surface area (Å²) in [5.74, 6) is 0. The Morgan fingerprint density at radius 3 is 1.93 bits per heavy atom. The van der Waals surface area contributed by atoms with Gasteiger partial charge in [0.1, 0.15) is 0 Å². The van der Waals surface area contributed by atoms with Crippen LogP contribution in [0.1, 0.15) is 32.1 Å². The number of aliphatic hydroxyl groups is 1. The standard InChI is InChI=1S/C13H22OSi/c1-13(2,3)15(4,5)12(14)11-9-7-6-8-10-11/h6-10,12,14H,1-5H3. The third kappa shape index (κ3) is 2.50. The van der Waals surface area contributed by atoms with Crippen molar-refractivity contribution < 1.29 is 5.11 Å². The largest absolute Gasteiger partial charge is 0.392 e. The highest BCUT2D eigenvalue weighted by Crippen LogP contribution is 2.43. The molecule has 15 heavy (non-hydrogen) atoms. The Kier molecular flexibility index (Phi) is 3.41. The van der Waals surface area contributed by atoms with Gasteiger partial charge in [0, 0.05) is 0 Å². The average Bonchev–Trinajstić information content (AvgIpc) is 2.16. The van der Waals surface area contributed by atoms with E-state index < -0.39 is 8.07 Å². The number of benzene rings is 1. The third-order valence-electron chi connectivity index (χ3n) is 3.73. The molecule has 0 spiro atoms. The Morgan fingerprint density at radius 1 is 1.07 bits per heavy atom. The van der Waals surface area contributed by atoms with Crippen molar-refractivity contribution in [3.05, 3.63) is 35.9 Å². The zero-order valence-electron chi connectivity index (χ0n) is 10.4. The first-order chi connectivity index (χ1) is 6.77. The van der Waals surface area contributed by atoms with E-state index >= 15 is 0 Å². The van der Waals surface area contributed by atoms with Crippen LogP contribution >= 0.6 is 0 Å². The predicted octanol–water partition coefficient (Wildman–Crippen LogP) is 3.77. The predicted molar refractivity (Wildman–Crippen MR) is 68.6 cm³/mol. The highest BCUT2D eigenvalue weighted by molar-refractivity contribution is 6.81. The van der Waals surface area contributed by atoms with Gasteiger partial charge < -0.3 is 5.11 Å². The summed E-state index contributed by atoms with van der Waals surface area (Å²) >= 11 is 0. The van der Waals surface area contributed by atoms with E-state index in [-0.39, 0.29) is 10.8 Å². The molecule has 0 aromatic heterocycles. The quantitative estimate of drug-likeness (QED) is 0.755. The first-order valence-electron chi connectivity index (χ1n) is 5.50. The fraction of sp³-hybridized carbons (Fsp3) is 0.538. The van der Waals surface area contributed by atoms with Gasteiger partial charge in [-0.25, -0.2) is 0 Å². The smallest absolute Gasteiger partial charge is 0.0922 e. The summed E-state index contributed by atoms with van der Waals surface area (Å²) in [6, 6.07) is 10.0. The summed E-state index contributed by atoms with van der Waals surface area (Å²) in [7, 11) is -1.69. The number of hydrogen-bond donors (Lipinski definition) is 1. The van der Waals surface area contributed by atoms with Crippen LogP contribution in [0.4, 0.5) is 0 Å². The maximum atomic E-state index is 10.4. The van der Waals surface area contributed by atoms with Crippen molar-refractivity contribution in [1.82, 2.24) is 0 Å². The van der Waals surface area contributed by atoms with Crippen molar-refractivity contribution in [3.63, 3.8) is 0 Å². The van der Waals surface area contributed by atoms with Crippen LogP contribution in [0, 0.1) is 0 Å². The number of hydrogen-bond acceptors (Lipinski definition) is 1. The minimum Gasteiger partial charge on any atom is -0.392 e. The Morgan fingerprint density at radius 2 is 1.53 bits per heavy atom. The fourth-order valence-electron chi connectivity index (χ4n) is 1.46. The van der Waals surface area contributed by atoms with Gasteiger partial charge >= 0.3 is 0 Å². The van der Waals surface area contributed by atoms with E-state index in [0.29, 0.717) is 0 Å². The minimum absolute atomic E-state index is 0.211. The molecule has 0 aliphatic rings. The van der Waals surface area contributed by atoms with Crippen LogP contribution in [-0.4, -0.2) is 13.2 Å². The van der Waals surface area contributed by atoms with Crippen molar-refractivity contribution in [2.24, 2.45) is 0 Å². The average molecular weight is 222 g/mol. The zero-order valence-corrected chi connectivity index (χ0v) is 11.4. The molecule has 2 heteroatoms. The van der Waals surface area contributed by atoms with E-state index in [1.54, 1.807) is 0 Å². The Bertz CT molecular complexity index is 311. The molecule has 0 saturated heterocycles. The molecule has 0 fully saturated rings. The molecule has 1 atom stereocenters. The summed E-state index contributed by atoms with van der Waals surface area (Å²) in [4.78, 5) is 0. The maximum absolute atomic E-state index is 10.4. The molecule has 1 nitrogen and oxygen atoms in total. The topological polar surface area (TPSA) is 20.2 Å². The molecule has 1 unspecified atom stereocenters. The van der Waals surface area contributed by atoms with Gasteiger partial charge in [0.05, 0.1) is 13.8 Å². The molecule has 0 aliphatic carbocycles. The Labute approximate surface area is 94.2 Å². The van der Waals surface area contributed by atoms with Gasteiger partial charge in [0.2, 0.25) is 0 Å². The van der Waals surface area contributed by atoms with Crippen molar-refractivity contribution in [2.45, 2.75) is 44.6 Å². The van der Waals surface area contributed by atoms with E-state index in [1.165, 1.54) is 0 Å². The normalized spacial score (nSPS) is 15.1. The molecule has 0 heterocycles. The van der Waals surface area contributed by atoms with E-state index in [9.17, 15) is 5.11 Å². The molecule has 0 radical (unpaired) electrons. The lowest BCUT2D eigenvalue weighted by molar-refractivity contribution is 0.243. The first kappa shape index (κ1) is 12.5. The van der Waals surface area contributed by atoms with Crippen LogP contribution in [0.5, 0.6) is 0 Å². The van der Waals surface area contributed by atoms with Crippen molar-refractivity contribution in [1.29, 1.82) is 0 Å². The molecule has 1 rings (SSSR count). The molecular weight excluding hydrogens is 200 g/mol. The second-order valence-corrected chi connectivity index (χ2v) is 11.3. The highest BCUT2D eigenvalue weighted by Gasteiger charge is 2.42. The summed E-state index contributed by atoms with van der Waals surface area (Å²) in [6.07, 6.45) is 0. The highest BCUT2D eigenvalue weighted by atomic mass is 28.3. The van der Waals surface area contributed by atoms with Crippen LogP contribution in [0.2, 0.25) is 18.1 Å². The molecule has 0 amide bonds. The summed E-state index contributed by atoms with van der Waals surface area (Å²) < 4.78 is 0. The van der Waals surface area contributed by atoms with Crippen LogP contribution in [0.15, 0.2) is 30.3 Å². The molecule has 0 bridgehead atoms. The van der Waals surface area contributed by atoms with Crippen LogP contribution in [0.3, 0.4) is 0 Å². The van der Waals surface area contributed by atoms with Crippen molar-refractivity contribution in [3.8, 4) is 0 Å². The van der Waals surface area contributed by atoms with Gasteiger partial charge in [-0.15, -0.1) is 0 Å². The lowest BCUT2D eigenvalue weighted by atomic mass is 10.2. The van der Waals surface area contributed by atoms with Gasteiger partial charge in [-0.2, -0.15) is 0 Å². The van der Waals surface area contributed by atoms with Crippen molar-refractivity contribution in [2.75, 3.05) is 0 Å². The van der Waals surface area contributed by atoms with Crippen molar-refractivity contribution >= 4 is 8.07 Å². The van der Waals surface area contributed by atoms with Crippen LogP contribution in [-0.2, 0) is 0 Å². The van der Waals surface area contributed by atoms with Gasteiger partial charge in [-0.1, -0.05) is 64.2 Å². The fourth-order valence-corrected chi connectivity index (χ4v) is 3.31. The summed E-state index contributed by atoms with van der Waals surface area (Å²) in [5, 5.41) is 10.7. The minimum atomic E-state index is -1.69. The second kappa shape index (κ2) is 4.10. The van der Waals surface area contributed by atoms with Gasteiger partial charge in [-0.3, -0.25) is 0 Å². The zero-order chi connectivity index (χ0) is 11.7. The molecule has 0 saturated carbocycles. The molecule has 1 aromatic rings. The molecule has 1 N–H and O–H groups in total.